The van der Waals surface area contributed by atoms with Crippen molar-refractivity contribution in [2.45, 2.75) is 68.2 Å². The number of carbonyl (C=O) groups excluding carboxylic acids is 3. The molecular weight excluding hydrogens is 458 g/mol. The zero-order valence-corrected chi connectivity index (χ0v) is 20.9. The topological polar surface area (TPSA) is 69.7 Å². The summed E-state index contributed by atoms with van der Waals surface area (Å²) in [6.45, 7) is 4.03. The third kappa shape index (κ3) is 5.62. The van der Waals surface area contributed by atoms with E-state index in [-0.39, 0.29) is 24.1 Å². The van der Waals surface area contributed by atoms with E-state index in [0.29, 0.717) is 18.5 Å². The van der Waals surface area contributed by atoms with Gasteiger partial charge in [0.2, 0.25) is 11.8 Å². The molecule has 5 rings (SSSR count). The second-order valence-corrected chi connectivity index (χ2v) is 10.8. The lowest BCUT2D eigenvalue weighted by Gasteiger charge is -2.29. The maximum Gasteiger partial charge on any atom is 0.255 e. The number of amides is 3. The molecule has 0 spiro atoms. The molecule has 1 atom stereocenters. The maximum absolute atomic E-state index is 13.0. The molecule has 3 aliphatic rings. The Bertz CT molecular complexity index is 1090. The highest BCUT2D eigenvalue weighted by Crippen LogP contribution is 2.35. The van der Waals surface area contributed by atoms with Gasteiger partial charge in [-0.05, 0) is 67.6 Å². The first-order chi connectivity index (χ1) is 17.1. The fraction of sp³-hybridized carbons (Fsp3) is 0.464. The molecule has 2 aromatic rings. The molecule has 1 unspecified atom stereocenters. The molecule has 3 aliphatic heterocycles. The van der Waals surface area contributed by atoms with Crippen LogP contribution in [0, 0.1) is 0 Å². The highest BCUT2D eigenvalue weighted by molar-refractivity contribution is 7.98. The van der Waals surface area contributed by atoms with Crippen LogP contribution in [0.2, 0.25) is 0 Å². The van der Waals surface area contributed by atoms with Crippen LogP contribution in [0.3, 0.4) is 0 Å². The minimum Gasteiger partial charge on any atom is -0.322 e. The first-order valence-corrected chi connectivity index (χ1v) is 13.8. The van der Waals surface area contributed by atoms with Gasteiger partial charge < -0.3 is 9.80 Å². The molecule has 0 bridgehead atoms. The lowest BCUT2D eigenvalue weighted by atomic mass is 10.0. The Morgan fingerprint density at radius 1 is 0.914 bits per heavy atom. The zero-order chi connectivity index (χ0) is 24.2. The van der Waals surface area contributed by atoms with Crippen LogP contribution in [0.15, 0.2) is 47.4 Å². The number of imide groups is 1. The number of carbonyl (C=O) groups is 3. The van der Waals surface area contributed by atoms with Crippen molar-refractivity contribution < 1.29 is 14.4 Å². The van der Waals surface area contributed by atoms with Gasteiger partial charge in [-0.3, -0.25) is 19.7 Å². The Balaban J connectivity index is 1.18. The highest BCUT2D eigenvalue weighted by Gasteiger charge is 2.39. The predicted octanol–water partition coefficient (Wildman–Crippen LogP) is 4.16. The monoisotopic (exact) mass is 491 g/mol. The number of rotatable bonds is 7. The van der Waals surface area contributed by atoms with Gasteiger partial charge in [-0.15, -0.1) is 11.8 Å². The van der Waals surface area contributed by atoms with Crippen LogP contribution in [0.25, 0.3) is 0 Å². The Labute approximate surface area is 211 Å². The van der Waals surface area contributed by atoms with Gasteiger partial charge in [-0.25, -0.2) is 0 Å². The van der Waals surface area contributed by atoms with E-state index in [9.17, 15) is 14.4 Å². The van der Waals surface area contributed by atoms with Crippen molar-refractivity contribution >= 4 is 29.5 Å². The molecule has 7 heteroatoms. The predicted molar refractivity (Wildman–Crippen MR) is 137 cm³/mol. The second kappa shape index (κ2) is 11.0. The van der Waals surface area contributed by atoms with E-state index in [4.69, 9.17) is 0 Å². The van der Waals surface area contributed by atoms with Gasteiger partial charge in [-0.2, -0.15) is 0 Å². The van der Waals surface area contributed by atoms with E-state index < -0.39 is 6.04 Å². The summed E-state index contributed by atoms with van der Waals surface area (Å²) in [4.78, 5) is 42.2. The van der Waals surface area contributed by atoms with Crippen LogP contribution >= 0.6 is 11.8 Å². The molecule has 0 aliphatic carbocycles. The van der Waals surface area contributed by atoms with Crippen molar-refractivity contribution in [3.63, 3.8) is 0 Å². The molecule has 0 aromatic heterocycles. The summed E-state index contributed by atoms with van der Waals surface area (Å²) >= 11 is 1.73. The fourth-order valence-corrected chi connectivity index (χ4v) is 6.34. The Morgan fingerprint density at radius 3 is 2.40 bits per heavy atom. The van der Waals surface area contributed by atoms with Crippen LogP contribution < -0.4 is 5.32 Å². The van der Waals surface area contributed by atoms with Crippen molar-refractivity contribution in [2.24, 2.45) is 0 Å². The van der Waals surface area contributed by atoms with Crippen LogP contribution in [0.1, 0.15) is 65.6 Å². The van der Waals surface area contributed by atoms with Gasteiger partial charge in [0.1, 0.15) is 6.04 Å². The number of nitrogens with one attached hydrogen (secondary N) is 1. The van der Waals surface area contributed by atoms with E-state index in [1.165, 1.54) is 49.9 Å². The summed E-state index contributed by atoms with van der Waals surface area (Å²) in [6.07, 6.45) is 7.15. The summed E-state index contributed by atoms with van der Waals surface area (Å²) in [6, 6.07) is 14.2. The van der Waals surface area contributed by atoms with Crippen molar-refractivity contribution in [1.29, 1.82) is 0 Å². The molecule has 2 fully saturated rings. The molecule has 6 nitrogen and oxygen atoms in total. The van der Waals surface area contributed by atoms with Crippen LogP contribution in [-0.4, -0.2) is 53.2 Å². The smallest absolute Gasteiger partial charge is 0.255 e. The van der Waals surface area contributed by atoms with E-state index >= 15 is 0 Å². The van der Waals surface area contributed by atoms with Crippen molar-refractivity contribution in [3.05, 3.63) is 64.7 Å². The van der Waals surface area contributed by atoms with Crippen molar-refractivity contribution in [2.75, 3.05) is 19.6 Å². The Hall–Kier alpha value is -2.64. The van der Waals surface area contributed by atoms with Gasteiger partial charge in [0.05, 0.1) is 0 Å². The first-order valence-electron chi connectivity index (χ1n) is 12.8. The molecule has 184 valence electrons. The number of likely N-dealkylation sites (tertiary alicyclic amines) is 1. The number of hydrogen-bond donors (Lipinski definition) is 1. The number of nitrogens with zero attached hydrogens (tertiary/aromatic N) is 2. The van der Waals surface area contributed by atoms with E-state index in [1.54, 1.807) is 16.7 Å². The number of benzene rings is 2. The van der Waals surface area contributed by atoms with Crippen molar-refractivity contribution in [3.8, 4) is 0 Å². The molecule has 1 N–H and O–H groups in total. The quantitative estimate of drug-likeness (QED) is 0.465. The molecule has 0 saturated carbocycles. The molecule has 0 radical (unpaired) electrons. The average Bonchev–Trinajstić information content (AvgIpc) is 3.03. The zero-order valence-electron chi connectivity index (χ0n) is 20.1. The van der Waals surface area contributed by atoms with Gasteiger partial charge in [0, 0.05) is 35.7 Å². The number of piperidine rings is 1. The molecule has 2 aromatic carbocycles. The summed E-state index contributed by atoms with van der Waals surface area (Å²) < 4.78 is 0. The lowest BCUT2D eigenvalue weighted by Crippen LogP contribution is -2.52. The normalized spacial score (nSPS) is 21.1. The van der Waals surface area contributed by atoms with Crippen molar-refractivity contribution in [1.82, 2.24) is 15.1 Å². The number of fused-ring (bicyclic) bond motifs is 1. The van der Waals surface area contributed by atoms with Gasteiger partial charge in [0.15, 0.2) is 0 Å². The third-order valence-corrected chi connectivity index (χ3v) is 8.54. The Kier molecular flexibility index (Phi) is 7.54. The molecule has 3 heterocycles. The second-order valence-electron chi connectivity index (χ2n) is 9.79. The maximum atomic E-state index is 13.0. The highest BCUT2D eigenvalue weighted by atomic mass is 32.2. The minimum atomic E-state index is -0.577. The first kappa shape index (κ1) is 24.1. The van der Waals surface area contributed by atoms with Crippen LogP contribution in [0.5, 0.6) is 0 Å². The van der Waals surface area contributed by atoms with E-state index in [1.807, 2.05) is 12.1 Å². The minimum absolute atomic E-state index is 0.120. The Morgan fingerprint density at radius 2 is 1.66 bits per heavy atom. The summed E-state index contributed by atoms with van der Waals surface area (Å²) in [5, 5.41) is 2.37. The summed E-state index contributed by atoms with van der Waals surface area (Å²) in [7, 11) is 0. The molecule has 35 heavy (non-hydrogen) atoms. The SMILES string of the molecule is O=C1CCC(N2Cc3c(SCc4ccc(CCN5CCCCCC5)cc4)cccc3C2=O)C(=O)N1. The van der Waals surface area contributed by atoms with Gasteiger partial charge in [-0.1, -0.05) is 43.2 Å². The molecule has 2 saturated heterocycles. The van der Waals surface area contributed by atoms with E-state index in [2.05, 4.69) is 40.5 Å². The average molecular weight is 492 g/mol. The van der Waals surface area contributed by atoms with Crippen LogP contribution in [-0.2, 0) is 28.3 Å². The van der Waals surface area contributed by atoms with Gasteiger partial charge in [0.25, 0.3) is 5.91 Å². The van der Waals surface area contributed by atoms with Crippen LogP contribution in [0.4, 0.5) is 0 Å². The standard InChI is InChI=1S/C28H33N3O3S/c32-26-13-12-24(27(33)29-26)31-18-23-22(28(31)34)6-5-7-25(23)35-19-21-10-8-20(9-11-21)14-17-30-15-3-1-2-4-16-30/h5-11,24H,1-4,12-19H2,(H,29,32,33). The molecule has 3 amide bonds. The summed E-state index contributed by atoms with van der Waals surface area (Å²) in [5.41, 5.74) is 4.30. The molecular formula is C28H33N3O3S. The fourth-order valence-electron chi connectivity index (χ4n) is 5.30. The third-order valence-electron chi connectivity index (χ3n) is 7.37. The number of hydrogen-bond acceptors (Lipinski definition) is 5. The summed E-state index contributed by atoms with van der Waals surface area (Å²) in [5.74, 6) is 0.0769. The van der Waals surface area contributed by atoms with Gasteiger partial charge >= 0.3 is 0 Å². The largest absolute Gasteiger partial charge is 0.322 e. The lowest BCUT2D eigenvalue weighted by molar-refractivity contribution is -0.136. The van der Waals surface area contributed by atoms with E-state index in [0.717, 1.165) is 29.2 Å². The number of thioether (sulfide) groups is 1.